The zero-order chi connectivity index (χ0) is 19.8. The van der Waals surface area contributed by atoms with Gasteiger partial charge in [-0.25, -0.2) is 4.39 Å². The molecule has 3 N–H and O–H groups in total. The summed E-state index contributed by atoms with van der Waals surface area (Å²) in [5.74, 6) is 0.612. The van der Waals surface area contributed by atoms with E-state index in [-0.39, 0.29) is 11.7 Å². The quantitative estimate of drug-likeness (QED) is 0.586. The highest BCUT2D eigenvalue weighted by atomic mass is 19.1. The van der Waals surface area contributed by atoms with Crippen molar-refractivity contribution < 1.29 is 13.9 Å². The average molecular weight is 378 g/mol. The van der Waals surface area contributed by atoms with Gasteiger partial charge < -0.3 is 15.8 Å². The maximum absolute atomic E-state index is 12.9. The van der Waals surface area contributed by atoms with E-state index in [4.69, 9.17) is 10.5 Å². The van der Waals surface area contributed by atoms with Gasteiger partial charge in [-0.3, -0.25) is 4.79 Å². The van der Waals surface area contributed by atoms with Gasteiger partial charge in [0.2, 0.25) is 5.91 Å². The van der Waals surface area contributed by atoms with Gasteiger partial charge in [-0.1, -0.05) is 30.3 Å². The van der Waals surface area contributed by atoms with Crippen molar-refractivity contribution >= 4 is 11.6 Å². The summed E-state index contributed by atoms with van der Waals surface area (Å²) >= 11 is 0. The summed E-state index contributed by atoms with van der Waals surface area (Å²) < 4.78 is 18.6. The van der Waals surface area contributed by atoms with Crippen LogP contribution in [0.2, 0.25) is 0 Å². The highest BCUT2D eigenvalue weighted by Crippen LogP contribution is 2.23. The molecule has 0 aliphatic rings. The number of rotatable bonds is 8. The molecule has 1 atom stereocenters. The topological polar surface area (TPSA) is 64.4 Å². The first kappa shape index (κ1) is 19.6. The smallest absolute Gasteiger partial charge is 0.241 e. The highest BCUT2D eigenvalue weighted by Gasteiger charge is 2.13. The lowest BCUT2D eigenvalue weighted by Gasteiger charge is -2.13. The fourth-order valence-electron chi connectivity index (χ4n) is 2.78. The van der Waals surface area contributed by atoms with Crippen LogP contribution in [0.25, 0.3) is 0 Å². The number of ether oxygens (including phenoxy) is 1. The summed E-state index contributed by atoms with van der Waals surface area (Å²) in [6, 6.07) is 22.3. The lowest BCUT2D eigenvalue weighted by atomic mass is 10.0. The Hall–Kier alpha value is -3.18. The molecule has 3 aromatic carbocycles. The van der Waals surface area contributed by atoms with Gasteiger partial charge in [-0.05, 0) is 73.4 Å². The van der Waals surface area contributed by atoms with E-state index in [1.807, 2.05) is 18.2 Å². The van der Waals surface area contributed by atoms with Crippen LogP contribution in [0, 0.1) is 5.82 Å². The molecule has 3 aromatic rings. The standard InChI is InChI=1S/C23H23FN2O2/c24-18-9-13-20(14-10-18)28-21-15-11-19(12-16-21)26-23(27)22(25)8-4-7-17-5-2-1-3-6-17/h1-3,5-6,9-16,22H,4,7-8,25H2,(H,26,27). The number of hydrogen-bond donors (Lipinski definition) is 2. The maximum atomic E-state index is 12.9. The van der Waals surface area contributed by atoms with E-state index in [1.54, 1.807) is 36.4 Å². The molecule has 0 saturated heterocycles. The van der Waals surface area contributed by atoms with Crippen LogP contribution in [0.4, 0.5) is 10.1 Å². The predicted molar refractivity (Wildman–Crippen MR) is 109 cm³/mol. The van der Waals surface area contributed by atoms with Crippen LogP contribution in [0.3, 0.4) is 0 Å². The average Bonchev–Trinajstić information content (AvgIpc) is 2.72. The van der Waals surface area contributed by atoms with E-state index in [1.165, 1.54) is 17.7 Å². The van der Waals surface area contributed by atoms with Crippen molar-refractivity contribution in [2.45, 2.75) is 25.3 Å². The Balaban J connectivity index is 1.46. The number of amides is 1. The molecule has 3 rings (SSSR count). The summed E-state index contributed by atoms with van der Waals surface area (Å²) in [5, 5.41) is 2.82. The van der Waals surface area contributed by atoms with E-state index in [9.17, 15) is 9.18 Å². The van der Waals surface area contributed by atoms with Gasteiger partial charge >= 0.3 is 0 Å². The summed E-state index contributed by atoms with van der Waals surface area (Å²) in [4.78, 5) is 12.3. The lowest BCUT2D eigenvalue weighted by molar-refractivity contribution is -0.117. The third kappa shape index (κ3) is 5.93. The molecule has 0 heterocycles. The Bertz CT molecular complexity index is 881. The number of hydrogen-bond acceptors (Lipinski definition) is 3. The fourth-order valence-corrected chi connectivity index (χ4v) is 2.78. The number of aryl methyl sites for hydroxylation is 1. The van der Waals surface area contributed by atoms with E-state index in [0.717, 1.165) is 12.8 Å². The Labute approximate surface area is 164 Å². The van der Waals surface area contributed by atoms with Crippen LogP contribution in [-0.4, -0.2) is 11.9 Å². The van der Waals surface area contributed by atoms with Gasteiger partial charge in [0.1, 0.15) is 17.3 Å². The van der Waals surface area contributed by atoms with Gasteiger partial charge in [-0.2, -0.15) is 0 Å². The monoisotopic (exact) mass is 378 g/mol. The van der Waals surface area contributed by atoms with Gasteiger partial charge in [-0.15, -0.1) is 0 Å². The van der Waals surface area contributed by atoms with E-state index >= 15 is 0 Å². The molecule has 0 radical (unpaired) electrons. The Morgan fingerprint density at radius 3 is 2.18 bits per heavy atom. The van der Waals surface area contributed by atoms with Crippen molar-refractivity contribution in [1.82, 2.24) is 0 Å². The molecule has 4 nitrogen and oxygen atoms in total. The van der Waals surface area contributed by atoms with Gasteiger partial charge in [0.05, 0.1) is 6.04 Å². The number of nitrogens with two attached hydrogens (primary N) is 1. The minimum atomic E-state index is -0.557. The fraction of sp³-hybridized carbons (Fsp3) is 0.174. The third-order valence-corrected chi connectivity index (χ3v) is 4.33. The molecule has 0 saturated carbocycles. The predicted octanol–water partition coefficient (Wildman–Crippen LogP) is 4.91. The van der Waals surface area contributed by atoms with Crippen LogP contribution >= 0.6 is 0 Å². The van der Waals surface area contributed by atoms with Crippen molar-refractivity contribution in [2.24, 2.45) is 5.73 Å². The first-order valence-corrected chi connectivity index (χ1v) is 9.24. The first-order chi connectivity index (χ1) is 13.6. The minimum Gasteiger partial charge on any atom is -0.457 e. The maximum Gasteiger partial charge on any atom is 0.241 e. The SMILES string of the molecule is NC(CCCc1ccccc1)C(=O)Nc1ccc(Oc2ccc(F)cc2)cc1. The van der Waals surface area contributed by atoms with Gasteiger partial charge in [0, 0.05) is 5.69 Å². The zero-order valence-corrected chi connectivity index (χ0v) is 15.5. The molecule has 0 spiro atoms. The third-order valence-electron chi connectivity index (χ3n) is 4.33. The number of benzene rings is 3. The highest BCUT2D eigenvalue weighted by molar-refractivity contribution is 5.94. The Morgan fingerprint density at radius 1 is 0.929 bits per heavy atom. The molecule has 0 bridgehead atoms. The first-order valence-electron chi connectivity index (χ1n) is 9.24. The largest absolute Gasteiger partial charge is 0.457 e. The molecule has 28 heavy (non-hydrogen) atoms. The number of nitrogens with one attached hydrogen (secondary N) is 1. The van der Waals surface area contributed by atoms with Crippen molar-refractivity contribution in [3.63, 3.8) is 0 Å². The van der Waals surface area contributed by atoms with Crippen molar-refractivity contribution in [3.05, 3.63) is 90.2 Å². The molecule has 0 aliphatic heterocycles. The molecular weight excluding hydrogens is 355 g/mol. The van der Waals surface area contributed by atoms with Crippen LogP contribution in [-0.2, 0) is 11.2 Å². The van der Waals surface area contributed by atoms with Crippen molar-refractivity contribution in [3.8, 4) is 11.5 Å². The molecular formula is C23H23FN2O2. The molecule has 0 aromatic heterocycles. The lowest BCUT2D eigenvalue weighted by Crippen LogP contribution is -2.35. The van der Waals surface area contributed by atoms with Crippen LogP contribution in [0.15, 0.2) is 78.9 Å². The second-order valence-electron chi connectivity index (χ2n) is 6.55. The van der Waals surface area contributed by atoms with E-state index in [2.05, 4.69) is 17.4 Å². The second-order valence-corrected chi connectivity index (χ2v) is 6.55. The Kier molecular flexibility index (Phi) is 6.76. The van der Waals surface area contributed by atoms with Crippen LogP contribution in [0.1, 0.15) is 18.4 Å². The van der Waals surface area contributed by atoms with E-state index in [0.29, 0.717) is 23.6 Å². The molecule has 0 aliphatic carbocycles. The van der Waals surface area contributed by atoms with Crippen LogP contribution < -0.4 is 15.8 Å². The normalized spacial score (nSPS) is 11.6. The molecule has 1 amide bonds. The second kappa shape index (κ2) is 9.67. The zero-order valence-electron chi connectivity index (χ0n) is 15.5. The minimum absolute atomic E-state index is 0.208. The summed E-state index contributed by atoms with van der Waals surface area (Å²) in [7, 11) is 0. The molecule has 0 fully saturated rings. The number of halogens is 1. The molecule has 1 unspecified atom stereocenters. The van der Waals surface area contributed by atoms with Gasteiger partial charge in [0.25, 0.3) is 0 Å². The molecule has 5 heteroatoms. The van der Waals surface area contributed by atoms with Gasteiger partial charge in [0.15, 0.2) is 0 Å². The number of anilines is 1. The van der Waals surface area contributed by atoms with Crippen LogP contribution in [0.5, 0.6) is 11.5 Å². The summed E-state index contributed by atoms with van der Waals surface area (Å²) in [5.41, 5.74) is 7.90. The summed E-state index contributed by atoms with van der Waals surface area (Å²) in [6.45, 7) is 0. The number of carbonyl (C=O) groups is 1. The molecule has 144 valence electrons. The summed E-state index contributed by atoms with van der Waals surface area (Å²) in [6.07, 6.45) is 2.37. The van der Waals surface area contributed by atoms with Crippen molar-refractivity contribution in [1.29, 1.82) is 0 Å². The Morgan fingerprint density at radius 2 is 1.54 bits per heavy atom. The number of carbonyl (C=O) groups excluding carboxylic acids is 1. The van der Waals surface area contributed by atoms with Crippen molar-refractivity contribution in [2.75, 3.05) is 5.32 Å². The van der Waals surface area contributed by atoms with E-state index < -0.39 is 6.04 Å².